The Balaban J connectivity index is 2.25. The molecule has 21 heavy (non-hydrogen) atoms. The number of nitrogens with zero attached hydrogens (tertiary/aromatic N) is 2. The largest absolute Gasteiger partial charge is 0.486 e. The predicted octanol–water partition coefficient (Wildman–Crippen LogP) is 3.56. The van der Waals surface area contributed by atoms with E-state index in [0.29, 0.717) is 16.5 Å². The minimum absolute atomic E-state index is 0.161. The lowest BCUT2D eigenvalue weighted by Crippen LogP contribution is -2.06. The van der Waals surface area contributed by atoms with Crippen molar-refractivity contribution < 1.29 is 13.9 Å². The first-order chi connectivity index (χ1) is 9.93. The Kier molecular flexibility index (Phi) is 4.63. The van der Waals surface area contributed by atoms with Crippen LogP contribution in [-0.2, 0) is 20.1 Å². The third-order valence-corrected chi connectivity index (χ3v) is 3.62. The molecule has 1 aromatic carbocycles. The molecule has 1 heterocycles. The molecule has 0 radical (unpaired) electrons. The fraction of sp³-hybridized carbons (Fsp3) is 0.333. The van der Waals surface area contributed by atoms with Crippen LogP contribution in [0.25, 0.3) is 0 Å². The van der Waals surface area contributed by atoms with Gasteiger partial charge in [-0.25, -0.2) is 4.39 Å². The summed E-state index contributed by atoms with van der Waals surface area (Å²) < 4.78 is 20.5. The molecule has 112 valence electrons. The number of Topliss-reactive ketones (excluding diaryl/α,β-unsaturated/α-hetero) is 1. The third-order valence-electron chi connectivity index (χ3n) is 3.19. The Morgan fingerprint density at radius 3 is 2.76 bits per heavy atom. The highest BCUT2D eigenvalue weighted by atomic mass is 35.5. The second-order valence-electron chi connectivity index (χ2n) is 4.67. The molecule has 0 unspecified atom stereocenters. The Labute approximate surface area is 127 Å². The lowest BCUT2D eigenvalue weighted by Gasteiger charge is -2.10. The van der Waals surface area contributed by atoms with Crippen LogP contribution in [0.1, 0.15) is 35.6 Å². The number of hydrogen-bond acceptors (Lipinski definition) is 3. The predicted molar refractivity (Wildman–Crippen MR) is 78.3 cm³/mol. The zero-order valence-corrected chi connectivity index (χ0v) is 12.9. The summed E-state index contributed by atoms with van der Waals surface area (Å²) in [7, 11) is 1.78. The number of halogens is 2. The van der Waals surface area contributed by atoms with E-state index in [1.54, 1.807) is 11.7 Å². The van der Waals surface area contributed by atoms with Crippen molar-refractivity contribution in [3.63, 3.8) is 0 Å². The van der Waals surface area contributed by atoms with E-state index < -0.39 is 5.82 Å². The van der Waals surface area contributed by atoms with Crippen LogP contribution in [-0.4, -0.2) is 15.6 Å². The first-order valence-corrected chi connectivity index (χ1v) is 6.95. The molecule has 0 saturated carbocycles. The molecule has 0 N–H and O–H groups in total. The normalized spacial score (nSPS) is 10.7. The van der Waals surface area contributed by atoms with E-state index in [2.05, 4.69) is 5.10 Å². The summed E-state index contributed by atoms with van der Waals surface area (Å²) >= 11 is 6.23. The maximum Gasteiger partial charge on any atom is 0.163 e. The van der Waals surface area contributed by atoms with E-state index in [9.17, 15) is 9.18 Å². The summed E-state index contributed by atoms with van der Waals surface area (Å²) in [6.45, 7) is 3.49. The van der Waals surface area contributed by atoms with Crippen LogP contribution in [0.15, 0.2) is 18.2 Å². The molecule has 2 aromatic rings. The molecule has 0 amide bonds. The van der Waals surface area contributed by atoms with Crippen molar-refractivity contribution in [1.29, 1.82) is 0 Å². The average Bonchev–Trinajstić information content (AvgIpc) is 2.72. The number of hydrogen-bond donors (Lipinski definition) is 0. The molecule has 0 aliphatic carbocycles. The fourth-order valence-corrected chi connectivity index (χ4v) is 2.37. The molecule has 0 saturated heterocycles. The van der Waals surface area contributed by atoms with E-state index >= 15 is 0 Å². The molecule has 6 heteroatoms. The van der Waals surface area contributed by atoms with Crippen LogP contribution >= 0.6 is 11.6 Å². The van der Waals surface area contributed by atoms with Gasteiger partial charge in [-0.3, -0.25) is 9.48 Å². The van der Waals surface area contributed by atoms with Crippen molar-refractivity contribution in [2.75, 3.05) is 0 Å². The number of aromatic nitrogens is 2. The van der Waals surface area contributed by atoms with E-state index in [1.165, 1.54) is 25.1 Å². The summed E-state index contributed by atoms with van der Waals surface area (Å²) in [6.07, 6.45) is 0.724. The average molecular weight is 311 g/mol. The van der Waals surface area contributed by atoms with Gasteiger partial charge in [-0.05, 0) is 31.5 Å². The van der Waals surface area contributed by atoms with Crippen LogP contribution in [0.4, 0.5) is 4.39 Å². The summed E-state index contributed by atoms with van der Waals surface area (Å²) in [5.41, 5.74) is 1.72. The van der Waals surface area contributed by atoms with Gasteiger partial charge in [0, 0.05) is 7.05 Å². The zero-order valence-electron chi connectivity index (χ0n) is 12.1. The maximum absolute atomic E-state index is 13.2. The van der Waals surface area contributed by atoms with Gasteiger partial charge >= 0.3 is 0 Å². The fourth-order valence-electron chi connectivity index (χ4n) is 2.03. The number of ketones is 1. The van der Waals surface area contributed by atoms with E-state index in [4.69, 9.17) is 16.3 Å². The third kappa shape index (κ3) is 3.24. The number of benzene rings is 1. The summed E-state index contributed by atoms with van der Waals surface area (Å²) in [5, 5.41) is 4.85. The highest BCUT2D eigenvalue weighted by Crippen LogP contribution is 2.25. The molecule has 0 aliphatic heterocycles. The van der Waals surface area contributed by atoms with Crippen LogP contribution < -0.4 is 4.74 Å². The minimum atomic E-state index is -0.473. The Bertz CT molecular complexity index is 683. The maximum atomic E-state index is 13.2. The van der Waals surface area contributed by atoms with Crippen LogP contribution in [0, 0.1) is 5.82 Å². The number of ether oxygens (including phenoxy) is 1. The van der Waals surface area contributed by atoms with Gasteiger partial charge in [0.2, 0.25) is 0 Å². The Hall–Kier alpha value is -1.88. The molecular formula is C15H16ClFN2O2. The molecule has 1 aromatic heterocycles. The van der Waals surface area contributed by atoms with Crippen molar-refractivity contribution in [2.24, 2.45) is 7.05 Å². The van der Waals surface area contributed by atoms with Gasteiger partial charge in [0.05, 0.1) is 22.0 Å². The molecule has 4 nitrogen and oxygen atoms in total. The second kappa shape index (κ2) is 6.26. The van der Waals surface area contributed by atoms with Crippen molar-refractivity contribution in [3.8, 4) is 5.75 Å². The van der Waals surface area contributed by atoms with Gasteiger partial charge in [0.1, 0.15) is 18.2 Å². The van der Waals surface area contributed by atoms with Gasteiger partial charge in [-0.15, -0.1) is 0 Å². The van der Waals surface area contributed by atoms with Crippen LogP contribution in [0.5, 0.6) is 5.75 Å². The van der Waals surface area contributed by atoms with Gasteiger partial charge in [-0.2, -0.15) is 5.10 Å². The smallest absolute Gasteiger partial charge is 0.163 e. The quantitative estimate of drug-likeness (QED) is 0.793. The zero-order chi connectivity index (χ0) is 15.6. The van der Waals surface area contributed by atoms with Gasteiger partial charge in [0.15, 0.2) is 5.78 Å². The highest BCUT2D eigenvalue weighted by Gasteiger charge is 2.15. The molecule has 0 fully saturated rings. The Morgan fingerprint density at radius 2 is 2.19 bits per heavy atom. The van der Waals surface area contributed by atoms with Crippen LogP contribution in [0.2, 0.25) is 5.02 Å². The first-order valence-electron chi connectivity index (χ1n) is 6.57. The van der Waals surface area contributed by atoms with Gasteiger partial charge < -0.3 is 4.74 Å². The van der Waals surface area contributed by atoms with Crippen molar-refractivity contribution in [1.82, 2.24) is 9.78 Å². The standard InChI is InChI=1S/C15H16ClFN2O2/c1-4-12-15(16)13(19(3)18-12)8-21-14-6-5-10(17)7-11(14)9(2)20/h5-7H,4,8H2,1-3H3. The monoisotopic (exact) mass is 310 g/mol. The van der Waals surface area contributed by atoms with Crippen molar-refractivity contribution in [2.45, 2.75) is 26.9 Å². The van der Waals surface area contributed by atoms with E-state index in [1.807, 2.05) is 6.92 Å². The summed E-state index contributed by atoms with van der Waals surface area (Å²) in [4.78, 5) is 11.5. The second-order valence-corrected chi connectivity index (χ2v) is 5.05. The summed E-state index contributed by atoms with van der Waals surface area (Å²) in [6, 6.07) is 3.86. The van der Waals surface area contributed by atoms with Crippen molar-refractivity contribution in [3.05, 3.63) is 46.0 Å². The lowest BCUT2D eigenvalue weighted by molar-refractivity contribution is 0.101. The lowest BCUT2D eigenvalue weighted by atomic mass is 10.1. The number of carbonyl (C=O) groups is 1. The highest BCUT2D eigenvalue weighted by molar-refractivity contribution is 6.31. The minimum Gasteiger partial charge on any atom is -0.486 e. The molecule has 0 aliphatic rings. The summed E-state index contributed by atoms with van der Waals surface area (Å²) in [5.74, 6) is -0.395. The molecule has 2 rings (SSSR count). The number of carbonyl (C=O) groups excluding carboxylic acids is 1. The van der Waals surface area contributed by atoms with E-state index in [0.717, 1.165) is 12.1 Å². The SMILES string of the molecule is CCc1nn(C)c(COc2ccc(F)cc2C(C)=O)c1Cl. The first kappa shape index (κ1) is 15.5. The molecule has 0 bridgehead atoms. The van der Waals surface area contributed by atoms with Gasteiger partial charge in [-0.1, -0.05) is 18.5 Å². The van der Waals surface area contributed by atoms with Crippen molar-refractivity contribution >= 4 is 17.4 Å². The molecule has 0 spiro atoms. The number of aryl methyl sites for hydroxylation is 2. The number of rotatable bonds is 5. The Morgan fingerprint density at radius 1 is 1.48 bits per heavy atom. The van der Waals surface area contributed by atoms with Crippen LogP contribution in [0.3, 0.4) is 0 Å². The van der Waals surface area contributed by atoms with Gasteiger partial charge in [0.25, 0.3) is 0 Å². The van der Waals surface area contributed by atoms with E-state index in [-0.39, 0.29) is 18.0 Å². The molecular weight excluding hydrogens is 295 g/mol. The topological polar surface area (TPSA) is 44.1 Å². The molecule has 0 atom stereocenters.